The maximum atomic E-state index is 5.59. The van der Waals surface area contributed by atoms with Crippen LogP contribution in [0.4, 0.5) is 0 Å². The highest BCUT2D eigenvalue weighted by Gasteiger charge is 2.00. The predicted octanol–water partition coefficient (Wildman–Crippen LogP) is 0.367. The van der Waals surface area contributed by atoms with Gasteiger partial charge in [0, 0.05) is 0 Å². The molecule has 2 aromatic rings. The molecule has 2 aromatic heterocycles. The van der Waals surface area contributed by atoms with Crippen molar-refractivity contribution >= 4 is 0 Å². The van der Waals surface area contributed by atoms with Gasteiger partial charge in [-0.3, -0.25) is 0 Å². The van der Waals surface area contributed by atoms with E-state index < -0.39 is 0 Å². The number of hydrogen-bond acceptors (Lipinski definition) is 2. The molecule has 0 N–H and O–H groups in total. The highest BCUT2D eigenvalue weighted by molar-refractivity contribution is 4.63. The van der Waals surface area contributed by atoms with E-state index in [2.05, 4.69) is 0 Å². The van der Waals surface area contributed by atoms with E-state index in [1.807, 2.05) is 69.8 Å². The van der Waals surface area contributed by atoms with Crippen LogP contribution in [0, 0.1) is 0 Å². The summed E-state index contributed by atoms with van der Waals surface area (Å²) in [4.78, 5) is 0. The highest BCUT2D eigenvalue weighted by Crippen LogP contribution is 1.95. The first-order valence-electron chi connectivity index (χ1n) is 6.91. The Labute approximate surface area is 119 Å². The minimum Gasteiger partial charge on any atom is -0.342 e. The second kappa shape index (κ2) is 7.81. The summed E-state index contributed by atoms with van der Waals surface area (Å²) in [6, 6.07) is 0. The Kier molecular flexibility index (Phi) is 5.76. The van der Waals surface area contributed by atoms with Crippen LogP contribution in [0.15, 0.2) is 37.4 Å². The summed E-state index contributed by atoms with van der Waals surface area (Å²) in [5.41, 5.74) is 0. The molecule has 6 heteroatoms. The van der Waals surface area contributed by atoms with Crippen molar-refractivity contribution in [2.24, 2.45) is 14.1 Å². The van der Waals surface area contributed by atoms with Crippen molar-refractivity contribution in [2.75, 3.05) is 13.2 Å². The fourth-order valence-corrected chi connectivity index (χ4v) is 1.90. The van der Waals surface area contributed by atoms with Gasteiger partial charge in [0.1, 0.15) is 24.8 Å². The lowest BCUT2D eigenvalue weighted by atomic mass is 10.3. The van der Waals surface area contributed by atoms with Crippen molar-refractivity contribution in [1.29, 1.82) is 0 Å². The average Bonchev–Trinajstić information content (AvgIpc) is 3.02. The summed E-state index contributed by atoms with van der Waals surface area (Å²) in [6.07, 6.45) is 14.0. The number of aryl methyl sites for hydroxylation is 2. The molecule has 0 aliphatic rings. The number of aromatic nitrogens is 4. The van der Waals surface area contributed by atoms with E-state index in [-0.39, 0.29) is 0 Å². The molecule has 0 radical (unpaired) electrons. The number of imidazole rings is 2. The zero-order valence-corrected chi connectivity index (χ0v) is 12.3. The normalized spacial score (nSPS) is 11.1. The van der Waals surface area contributed by atoms with E-state index in [1.165, 1.54) is 0 Å². The maximum absolute atomic E-state index is 5.59. The Balaban J connectivity index is 1.44. The van der Waals surface area contributed by atoms with Crippen LogP contribution in [0.5, 0.6) is 0 Å². The van der Waals surface area contributed by atoms with E-state index in [9.17, 15) is 0 Å². The lowest BCUT2D eigenvalue weighted by Gasteiger charge is -2.02. The van der Waals surface area contributed by atoms with Crippen LogP contribution in [0.2, 0.25) is 0 Å². The number of nitrogens with zero attached hydrogens (tertiary/aromatic N) is 4. The molecule has 0 fully saturated rings. The molecule has 0 aromatic carbocycles. The van der Waals surface area contributed by atoms with Gasteiger partial charge in [-0.15, -0.1) is 0 Å². The summed E-state index contributed by atoms with van der Waals surface area (Å²) in [6.45, 7) is 2.76. The van der Waals surface area contributed by atoms with Gasteiger partial charge in [-0.05, 0) is 12.8 Å². The molecule has 0 saturated heterocycles. The number of hydrogen-bond donors (Lipinski definition) is 0. The van der Waals surface area contributed by atoms with Gasteiger partial charge in [0.2, 0.25) is 12.7 Å². The third-order valence-electron chi connectivity index (χ3n) is 2.96. The standard InChI is InChI=1S/C14H24N4O2/c1-15-5-7-17(11-15)13-19-9-3-4-10-20-14-18-8-6-16(2)12-18/h5-8,11-12H,3-4,9-10,13-14H2,1-2H3/q+2. The molecule has 2 heterocycles. The summed E-state index contributed by atoms with van der Waals surface area (Å²) in [5.74, 6) is 0. The number of ether oxygens (including phenoxy) is 2. The third kappa shape index (κ3) is 5.14. The van der Waals surface area contributed by atoms with Gasteiger partial charge in [-0.2, -0.15) is 0 Å². The van der Waals surface area contributed by atoms with Gasteiger partial charge < -0.3 is 9.47 Å². The quantitative estimate of drug-likeness (QED) is 0.491. The molecule has 110 valence electrons. The second-order valence-electron chi connectivity index (χ2n) is 4.97. The summed E-state index contributed by atoms with van der Waals surface area (Å²) in [7, 11) is 4.00. The molecule has 20 heavy (non-hydrogen) atoms. The molecule has 0 unspecified atom stereocenters. The zero-order valence-electron chi connectivity index (χ0n) is 12.3. The van der Waals surface area contributed by atoms with Gasteiger partial charge in [0.15, 0.2) is 13.5 Å². The Morgan fingerprint density at radius 2 is 1.25 bits per heavy atom. The largest absolute Gasteiger partial charge is 0.342 e. The lowest BCUT2D eigenvalue weighted by Crippen LogP contribution is -2.24. The van der Waals surface area contributed by atoms with Crippen LogP contribution in [0.1, 0.15) is 12.8 Å². The number of rotatable bonds is 9. The van der Waals surface area contributed by atoms with Crippen LogP contribution < -0.4 is 9.13 Å². The Hall–Kier alpha value is -1.66. The van der Waals surface area contributed by atoms with E-state index in [1.54, 1.807) is 0 Å². The third-order valence-corrected chi connectivity index (χ3v) is 2.96. The van der Waals surface area contributed by atoms with Gasteiger partial charge in [0.25, 0.3) is 0 Å². The van der Waals surface area contributed by atoms with Gasteiger partial charge >= 0.3 is 0 Å². The van der Waals surface area contributed by atoms with Crippen molar-refractivity contribution < 1.29 is 18.6 Å². The van der Waals surface area contributed by atoms with E-state index in [0.717, 1.165) is 26.1 Å². The summed E-state index contributed by atoms with van der Waals surface area (Å²) < 4.78 is 19.2. The molecule has 0 atom stereocenters. The van der Waals surface area contributed by atoms with Crippen molar-refractivity contribution in [3.8, 4) is 0 Å². The molecule has 0 spiro atoms. The second-order valence-corrected chi connectivity index (χ2v) is 4.97. The SMILES string of the molecule is C[n+]1ccn(COCCCCOCn2cc[n+](C)c2)c1. The Morgan fingerprint density at radius 1 is 0.800 bits per heavy atom. The summed E-state index contributed by atoms with van der Waals surface area (Å²) >= 11 is 0. The van der Waals surface area contributed by atoms with E-state index >= 15 is 0 Å². The minimum atomic E-state index is 0.613. The Bertz CT molecular complexity index is 461. The molecule has 0 aliphatic carbocycles. The molecule has 6 nitrogen and oxygen atoms in total. The topological polar surface area (TPSA) is 36.1 Å². The van der Waals surface area contributed by atoms with Crippen LogP contribution >= 0.6 is 0 Å². The Morgan fingerprint density at radius 3 is 1.60 bits per heavy atom. The molecular weight excluding hydrogens is 256 g/mol. The van der Waals surface area contributed by atoms with Crippen LogP contribution in [0.25, 0.3) is 0 Å². The molecule has 0 aliphatic heterocycles. The maximum Gasteiger partial charge on any atom is 0.245 e. The zero-order chi connectivity index (χ0) is 14.2. The van der Waals surface area contributed by atoms with Crippen LogP contribution in [0.3, 0.4) is 0 Å². The van der Waals surface area contributed by atoms with Crippen molar-refractivity contribution in [1.82, 2.24) is 9.13 Å². The summed E-state index contributed by atoms with van der Waals surface area (Å²) in [5, 5.41) is 0. The smallest absolute Gasteiger partial charge is 0.245 e. The van der Waals surface area contributed by atoms with Gasteiger partial charge in [0.05, 0.1) is 27.3 Å². The number of unbranched alkanes of at least 4 members (excludes halogenated alkanes) is 1. The lowest BCUT2D eigenvalue weighted by molar-refractivity contribution is -0.671. The van der Waals surface area contributed by atoms with Crippen molar-refractivity contribution in [3.63, 3.8) is 0 Å². The minimum absolute atomic E-state index is 0.613. The molecule has 0 saturated carbocycles. The molecule has 0 bridgehead atoms. The van der Waals surface area contributed by atoms with Crippen LogP contribution in [-0.4, -0.2) is 22.3 Å². The molecule has 2 rings (SSSR count). The van der Waals surface area contributed by atoms with Crippen molar-refractivity contribution in [3.05, 3.63) is 37.4 Å². The highest BCUT2D eigenvalue weighted by atomic mass is 16.5. The average molecular weight is 280 g/mol. The fraction of sp³-hybridized carbons (Fsp3) is 0.571. The molecule has 0 amide bonds. The first-order chi connectivity index (χ1) is 9.74. The fourth-order valence-electron chi connectivity index (χ4n) is 1.90. The first-order valence-corrected chi connectivity index (χ1v) is 6.91. The predicted molar refractivity (Wildman–Crippen MR) is 72.4 cm³/mol. The first kappa shape index (κ1) is 14.7. The monoisotopic (exact) mass is 280 g/mol. The van der Waals surface area contributed by atoms with Gasteiger partial charge in [-0.25, -0.2) is 18.3 Å². The molecular formula is C14H24N4O2+2. The van der Waals surface area contributed by atoms with E-state index in [4.69, 9.17) is 9.47 Å². The van der Waals surface area contributed by atoms with Crippen LogP contribution in [-0.2, 0) is 37.0 Å². The van der Waals surface area contributed by atoms with Crippen molar-refractivity contribution in [2.45, 2.75) is 26.3 Å². The van der Waals surface area contributed by atoms with E-state index in [0.29, 0.717) is 13.5 Å². The van der Waals surface area contributed by atoms with Gasteiger partial charge in [-0.1, -0.05) is 0 Å².